The monoisotopic (exact) mass is 856 g/mol. The predicted molar refractivity (Wildman–Crippen MR) is 236 cm³/mol. The molecule has 6 aromatic carbocycles. The molecule has 12 heteroatoms. The number of carbonyl (C=O) groups is 2. The summed E-state index contributed by atoms with van der Waals surface area (Å²) in [5, 5.41) is 22.4. The minimum absolute atomic E-state index is 0.0674. The van der Waals surface area contributed by atoms with Crippen LogP contribution in [0.4, 0.5) is 0 Å². The van der Waals surface area contributed by atoms with E-state index in [1.54, 1.807) is 30.3 Å². The van der Waals surface area contributed by atoms with Gasteiger partial charge in [-0.15, -0.1) is 11.8 Å². The fraction of sp³-hybridized carbons (Fsp3) is 0.224. The van der Waals surface area contributed by atoms with Gasteiger partial charge in [-0.1, -0.05) is 140 Å². The van der Waals surface area contributed by atoms with Crippen LogP contribution in [0.25, 0.3) is 11.1 Å². The Hall–Kier alpha value is -5.60. The van der Waals surface area contributed by atoms with E-state index in [4.69, 9.17) is 9.47 Å². The number of carboxylic acid groups (broad SMARTS) is 1. The Morgan fingerprint density at radius 2 is 1.41 bits per heavy atom. The molecule has 1 aliphatic rings. The van der Waals surface area contributed by atoms with Crippen molar-refractivity contribution in [1.29, 1.82) is 0 Å². The number of benzene rings is 6. The molecule has 4 N–H and O–H groups in total. The summed E-state index contributed by atoms with van der Waals surface area (Å²) in [5.74, 6) is -1.04. The number of rotatable bonds is 16. The van der Waals surface area contributed by atoms with Gasteiger partial charge in [0.15, 0.2) is 6.29 Å². The minimum Gasteiger partial charge on any atom is -0.478 e. The van der Waals surface area contributed by atoms with E-state index in [1.165, 1.54) is 23.9 Å². The number of sulfonamides is 1. The van der Waals surface area contributed by atoms with Gasteiger partial charge in [0.2, 0.25) is 15.9 Å². The van der Waals surface area contributed by atoms with E-state index in [2.05, 4.69) is 17.0 Å². The van der Waals surface area contributed by atoms with Gasteiger partial charge in [-0.05, 0) is 71.0 Å². The Balaban J connectivity index is 1.09. The Morgan fingerprint density at radius 3 is 2.11 bits per heavy atom. The van der Waals surface area contributed by atoms with Crippen LogP contribution in [0.15, 0.2) is 161 Å². The lowest BCUT2D eigenvalue weighted by molar-refractivity contribution is -0.268. The van der Waals surface area contributed by atoms with E-state index in [-0.39, 0.29) is 48.2 Å². The fourth-order valence-electron chi connectivity index (χ4n) is 7.34. The summed E-state index contributed by atoms with van der Waals surface area (Å²) >= 11 is 1.44. The quantitative estimate of drug-likeness (QED) is 0.0702. The molecule has 0 saturated carbocycles. The van der Waals surface area contributed by atoms with E-state index in [0.29, 0.717) is 10.6 Å². The number of ether oxygens (including phenoxy) is 2. The van der Waals surface area contributed by atoms with E-state index in [0.717, 1.165) is 44.5 Å². The molecule has 1 amide bonds. The van der Waals surface area contributed by atoms with Gasteiger partial charge in [0, 0.05) is 28.7 Å². The summed E-state index contributed by atoms with van der Waals surface area (Å²) in [5.41, 5.74) is 7.14. The average molecular weight is 857 g/mol. The third-order valence-electron chi connectivity index (χ3n) is 10.8. The van der Waals surface area contributed by atoms with Gasteiger partial charge in [-0.2, -0.15) is 4.72 Å². The lowest BCUT2D eigenvalue weighted by Crippen LogP contribution is -2.47. The van der Waals surface area contributed by atoms with Crippen LogP contribution in [0.5, 0.6) is 0 Å². The fourth-order valence-corrected chi connectivity index (χ4v) is 9.75. The van der Waals surface area contributed by atoms with E-state index >= 15 is 0 Å². The predicted octanol–water partition coefficient (Wildman–Crippen LogP) is 8.64. The van der Waals surface area contributed by atoms with Crippen molar-refractivity contribution in [2.45, 2.75) is 67.8 Å². The van der Waals surface area contributed by atoms with Crippen molar-refractivity contribution in [1.82, 2.24) is 10.0 Å². The lowest BCUT2D eigenvalue weighted by atomic mass is 9.91. The maximum absolute atomic E-state index is 13.8. The molecule has 0 aromatic heterocycles. The van der Waals surface area contributed by atoms with Gasteiger partial charge in [-0.3, -0.25) is 4.79 Å². The summed E-state index contributed by atoms with van der Waals surface area (Å²) in [7, 11) is -4.00. The van der Waals surface area contributed by atoms with Crippen LogP contribution in [0.3, 0.4) is 0 Å². The molecule has 1 aliphatic heterocycles. The first-order chi connectivity index (χ1) is 29.5. The van der Waals surface area contributed by atoms with Crippen LogP contribution < -0.4 is 10.0 Å². The smallest absolute Gasteiger partial charge is 0.336 e. The second kappa shape index (κ2) is 19.9. The second-order valence-corrected chi connectivity index (χ2v) is 17.9. The first-order valence-electron chi connectivity index (χ1n) is 20.0. The molecule has 5 atom stereocenters. The maximum Gasteiger partial charge on any atom is 0.336 e. The second-order valence-electron chi connectivity index (χ2n) is 15.1. The highest BCUT2D eigenvalue weighted by Crippen LogP contribution is 2.43. The topological polar surface area (TPSA) is 151 Å². The minimum atomic E-state index is -4.00. The highest BCUT2D eigenvalue weighted by atomic mass is 32.2. The Bertz CT molecular complexity index is 2530. The van der Waals surface area contributed by atoms with Crippen LogP contribution in [0.1, 0.15) is 63.1 Å². The largest absolute Gasteiger partial charge is 0.478 e. The number of aliphatic hydroxyl groups is 1. The van der Waals surface area contributed by atoms with Crippen LogP contribution in [-0.4, -0.2) is 48.4 Å². The van der Waals surface area contributed by atoms with Crippen molar-refractivity contribution in [3.05, 3.63) is 191 Å². The average Bonchev–Trinajstić information content (AvgIpc) is 3.28. The normalized spacial score (nSPS) is 18.3. The summed E-state index contributed by atoms with van der Waals surface area (Å²) < 4.78 is 42.8. The first-order valence-corrected chi connectivity index (χ1v) is 22.5. The summed E-state index contributed by atoms with van der Waals surface area (Å²) in [6, 6.07) is 44.9. The van der Waals surface area contributed by atoms with Crippen molar-refractivity contribution in [3.8, 4) is 11.1 Å². The highest BCUT2D eigenvalue weighted by molar-refractivity contribution is 7.99. The molecule has 10 nitrogen and oxygen atoms in total. The SMILES string of the molecule is Cc1ccc(S(=O)(=O)N[C@H](Cc2ccccc2)C(=O)NCc2ccccc2-c2ccc([C@@H]3O[C@H](CSc4ccccc4C(=O)O)[C@H](C)[C@H](c4ccc(CO)cc4)O3)cc2)cc1. The van der Waals surface area contributed by atoms with Crippen LogP contribution in [0.2, 0.25) is 0 Å². The first kappa shape index (κ1) is 43.5. The zero-order chi connectivity index (χ0) is 42.9. The molecule has 0 radical (unpaired) electrons. The molecule has 0 unspecified atom stereocenters. The number of carbonyl (C=O) groups excluding carboxylic acids is 1. The molecular weight excluding hydrogens is 809 g/mol. The van der Waals surface area contributed by atoms with Crippen LogP contribution in [0, 0.1) is 12.8 Å². The molecular formula is C49H48N2O8S2. The highest BCUT2D eigenvalue weighted by Gasteiger charge is 2.38. The molecule has 1 saturated heterocycles. The molecule has 0 spiro atoms. The van der Waals surface area contributed by atoms with Crippen molar-refractivity contribution >= 4 is 33.7 Å². The van der Waals surface area contributed by atoms with Gasteiger partial charge in [0.25, 0.3) is 0 Å². The standard InChI is InChI=1S/C49H48N2O8S2/c1-32-16-26-40(27-17-32)61(56,57)51-43(28-34-10-4-3-5-11-34)47(53)50-29-39-12-6-7-13-41(39)36-22-24-38(25-23-36)49-58-44(31-60-45-15-9-8-14-42(45)48(54)55)33(2)46(59-49)37-20-18-35(30-52)19-21-37/h3-27,33,43-44,46,49,51-52H,28-31H2,1-2H3,(H,50,53)(H,54,55)/t33-,43+,44+,46+,49+/m0/s1. The number of amides is 1. The van der Waals surface area contributed by atoms with Gasteiger partial charge in [0.1, 0.15) is 6.04 Å². The van der Waals surface area contributed by atoms with E-state index in [9.17, 15) is 28.2 Å². The number of hydrogen-bond acceptors (Lipinski definition) is 8. The van der Waals surface area contributed by atoms with Gasteiger partial charge < -0.3 is 25.0 Å². The molecule has 7 rings (SSSR count). The molecule has 0 bridgehead atoms. The molecule has 314 valence electrons. The number of aliphatic hydroxyl groups excluding tert-OH is 1. The number of thioether (sulfide) groups is 1. The van der Waals surface area contributed by atoms with Crippen LogP contribution >= 0.6 is 11.8 Å². The van der Waals surface area contributed by atoms with Crippen molar-refractivity contribution < 1.29 is 37.7 Å². The summed E-state index contributed by atoms with van der Waals surface area (Å²) in [6.07, 6.45) is -1.21. The summed E-state index contributed by atoms with van der Waals surface area (Å²) in [4.78, 5) is 26.5. The Labute approximate surface area is 361 Å². The number of hydrogen-bond donors (Lipinski definition) is 4. The molecule has 1 fully saturated rings. The van der Waals surface area contributed by atoms with E-state index in [1.807, 2.05) is 116 Å². The van der Waals surface area contributed by atoms with Gasteiger partial charge >= 0.3 is 5.97 Å². The number of aromatic carboxylic acids is 1. The van der Waals surface area contributed by atoms with Crippen molar-refractivity contribution in [3.63, 3.8) is 0 Å². The van der Waals surface area contributed by atoms with Crippen molar-refractivity contribution in [2.24, 2.45) is 5.92 Å². The van der Waals surface area contributed by atoms with E-state index < -0.39 is 34.2 Å². The van der Waals surface area contributed by atoms with Gasteiger partial charge in [-0.25, -0.2) is 13.2 Å². The Morgan fingerprint density at radius 1 is 0.754 bits per heavy atom. The third-order valence-corrected chi connectivity index (χ3v) is 13.5. The van der Waals surface area contributed by atoms with Crippen LogP contribution in [-0.2, 0) is 43.9 Å². The zero-order valence-corrected chi connectivity index (χ0v) is 35.4. The number of aryl methyl sites for hydroxylation is 1. The molecule has 1 heterocycles. The zero-order valence-electron chi connectivity index (χ0n) is 33.8. The number of nitrogens with one attached hydrogen (secondary N) is 2. The maximum atomic E-state index is 13.8. The summed E-state index contributed by atoms with van der Waals surface area (Å²) in [6.45, 7) is 4.03. The van der Waals surface area contributed by atoms with Gasteiger partial charge in [0.05, 0.1) is 29.3 Å². The lowest BCUT2D eigenvalue weighted by Gasteiger charge is -2.41. The Kier molecular flexibility index (Phi) is 14.2. The third kappa shape index (κ3) is 10.8. The molecule has 61 heavy (non-hydrogen) atoms. The number of carboxylic acids is 1. The van der Waals surface area contributed by atoms with Crippen molar-refractivity contribution in [2.75, 3.05) is 5.75 Å². The molecule has 0 aliphatic carbocycles. The molecule has 6 aromatic rings.